The zero-order valence-electron chi connectivity index (χ0n) is 14.3. The average Bonchev–Trinajstić information content (AvgIpc) is 2.37. The van der Waals surface area contributed by atoms with Crippen molar-refractivity contribution in [1.82, 2.24) is 15.2 Å². The minimum Gasteiger partial charge on any atom is -0.311 e. The van der Waals surface area contributed by atoms with Crippen LogP contribution in [0, 0.1) is 18.8 Å². The largest absolute Gasteiger partial charge is 0.311 e. The minimum absolute atomic E-state index is 0.619. The Morgan fingerprint density at radius 2 is 2.05 bits per heavy atom. The molecule has 0 spiro atoms. The molecule has 0 aliphatic carbocycles. The number of piperazine rings is 1. The van der Waals surface area contributed by atoms with Gasteiger partial charge >= 0.3 is 0 Å². The van der Waals surface area contributed by atoms with Gasteiger partial charge in [-0.3, -0.25) is 9.88 Å². The highest BCUT2D eigenvalue weighted by Gasteiger charge is 2.30. The van der Waals surface area contributed by atoms with Crippen LogP contribution in [0.1, 0.15) is 45.2 Å². The molecule has 0 aromatic carbocycles. The molecule has 3 heteroatoms. The predicted octanol–water partition coefficient (Wildman–Crippen LogP) is 3.23. The molecule has 21 heavy (non-hydrogen) atoms. The molecule has 1 aliphatic rings. The van der Waals surface area contributed by atoms with Gasteiger partial charge in [-0.15, -0.1) is 0 Å². The van der Waals surface area contributed by atoms with Crippen molar-refractivity contribution < 1.29 is 0 Å². The lowest BCUT2D eigenvalue weighted by Crippen LogP contribution is -2.58. The van der Waals surface area contributed by atoms with Gasteiger partial charge in [-0.2, -0.15) is 0 Å². The maximum atomic E-state index is 4.34. The summed E-state index contributed by atoms with van der Waals surface area (Å²) in [6, 6.07) is 3.51. The van der Waals surface area contributed by atoms with E-state index in [-0.39, 0.29) is 0 Å². The summed E-state index contributed by atoms with van der Waals surface area (Å²) in [6.45, 7) is 14.7. The fraction of sp³-hybridized carbons (Fsp3) is 0.722. The third-order valence-corrected chi connectivity index (χ3v) is 4.38. The quantitative estimate of drug-likeness (QED) is 0.902. The summed E-state index contributed by atoms with van der Waals surface area (Å²) < 4.78 is 0. The van der Waals surface area contributed by atoms with E-state index in [1.807, 2.05) is 12.4 Å². The summed E-state index contributed by atoms with van der Waals surface area (Å²) in [5, 5.41) is 3.75. The fourth-order valence-corrected chi connectivity index (χ4v) is 3.40. The number of aromatic nitrogens is 1. The van der Waals surface area contributed by atoms with Crippen molar-refractivity contribution in [3.8, 4) is 0 Å². The Balaban J connectivity index is 2.06. The number of pyridine rings is 1. The van der Waals surface area contributed by atoms with E-state index in [0.717, 1.165) is 25.6 Å². The Morgan fingerprint density at radius 1 is 1.29 bits per heavy atom. The smallest absolute Gasteiger partial charge is 0.0313 e. The van der Waals surface area contributed by atoms with Crippen LogP contribution in [0.4, 0.5) is 0 Å². The van der Waals surface area contributed by atoms with E-state index in [1.165, 1.54) is 17.5 Å². The molecule has 0 amide bonds. The van der Waals surface area contributed by atoms with Gasteiger partial charge in [0.1, 0.15) is 0 Å². The van der Waals surface area contributed by atoms with Crippen molar-refractivity contribution in [3.05, 3.63) is 29.6 Å². The number of hydrogen-bond acceptors (Lipinski definition) is 3. The minimum atomic E-state index is 0.619. The first kappa shape index (κ1) is 16.4. The summed E-state index contributed by atoms with van der Waals surface area (Å²) in [6.07, 6.45) is 5.21. The highest BCUT2D eigenvalue weighted by Crippen LogP contribution is 2.20. The van der Waals surface area contributed by atoms with Crippen molar-refractivity contribution in [2.75, 3.05) is 13.1 Å². The first-order valence-corrected chi connectivity index (χ1v) is 8.33. The van der Waals surface area contributed by atoms with Crippen LogP contribution in [-0.4, -0.2) is 35.1 Å². The molecule has 2 unspecified atom stereocenters. The maximum Gasteiger partial charge on any atom is 0.0313 e. The molecule has 2 atom stereocenters. The molecule has 2 heterocycles. The molecule has 1 saturated heterocycles. The molecular formula is C18H31N3. The van der Waals surface area contributed by atoms with E-state index in [4.69, 9.17) is 0 Å². The molecule has 1 fully saturated rings. The van der Waals surface area contributed by atoms with E-state index < -0.39 is 0 Å². The van der Waals surface area contributed by atoms with Crippen LogP contribution in [0.25, 0.3) is 0 Å². The lowest BCUT2D eigenvalue weighted by atomic mass is 9.94. The summed E-state index contributed by atoms with van der Waals surface area (Å²) >= 11 is 0. The van der Waals surface area contributed by atoms with Crippen LogP contribution in [0.5, 0.6) is 0 Å². The van der Waals surface area contributed by atoms with Gasteiger partial charge in [-0.25, -0.2) is 0 Å². The van der Waals surface area contributed by atoms with Gasteiger partial charge in [-0.1, -0.05) is 33.8 Å². The van der Waals surface area contributed by atoms with Crippen LogP contribution >= 0.6 is 0 Å². The number of rotatable bonds is 5. The molecule has 1 aliphatic heterocycles. The summed E-state index contributed by atoms with van der Waals surface area (Å²) in [5.74, 6) is 1.43. The van der Waals surface area contributed by atoms with Gasteiger partial charge < -0.3 is 5.32 Å². The molecule has 1 N–H and O–H groups in total. The van der Waals surface area contributed by atoms with Gasteiger partial charge in [0.15, 0.2) is 0 Å². The predicted molar refractivity (Wildman–Crippen MR) is 89.3 cm³/mol. The van der Waals surface area contributed by atoms with Gasteiger partial charge in [-0.05, 0) is 36.3 Å². The van der Waals surface area contributed by atoms with Crippen LogP contribution in [-0.2, 0) is 6.54 Å². The van der Waals surface area contributed by atoms with E-state index in [9.17, 15) is 0 Å². The van der Waals surface area contributed by atoms with Crippen LogP contribution < -0.4 is 5.32 Å². The summed E-state index contributed by atoms with van der Waals surface area (Å²) in [7, 11) is 0. The SMILES string of the molecule is Cc1cncc(CN2CC(CC(C)C)NCC2C(C)C)c1. The van der Waals surface area contributed by atoms with Crippen molar-refractivity contribution in [2.45, 2.75) is 59.7 Å². The maximum absolute atomic E-state index is 4.34. The highest BCUT2D eigenvalue weighted by molar-refractivity contribution is 5.16. The molecule has 1 aromatic rings. The first-order chi connectivity index (χ1) is 9.95. The summed E-state index contributed by atoms with van der Waals surface area (Å²) in [4.78, 5) is 7.00. The van der Waals surface area contributed by atoms with Crippen LogP contribution in [0.3, 0.4) is 0 Å². The fourth-order valence-electron chi connectivity index (χ4n) is 3.40. The molecule has 0 saturated carbocycles. The van der Waals surface area contributed by atoms with Crippen molar-refractivity contribution >= 4 is 0 Å². The lowest BCUT2D eigenvalue weighted by Gasteiger charge is -2.43. The Bertz CT molecular complexity index is 442. The first-order valence-electron chi connectivity index (χ1n) is 8.33. The van der Waals surface area contributed by atoms with Gasteiger partial charge in [0.05, 0.1) is 0 Å². The number of hydrogen-bond donors (Lipinski definition) is 1. The third-order valence-electron chi connectivity index (χ3n) is 4.38. The van der Waals surface area contributed by atoms with E-state index in [2.05, 4.69) is 55.9 Å². The summed E-state index contributed by atoms with van der Waals surface area (Å²) in [5.41, 5.74) is 2.59. The van der Waals surface area contributed by atoms with Gasteiger partial charge in [0, 0.05) is 44.1 Å². The Labute approximate surface area is 130 Å². The number of nitrogens with one attached hydrogen (secondary N) is 1. The zero-order chi connectivity index (χ0) is 15.4. The molecule has 0 radical (unpaired) electrons. The van der Waals surface area contributed by atoms with Crippen LogP contribution in [0.2, 0.25) is 0 Å². The third kappa shape index (κ3) is 4.79. The van der Waals surface area contributed by atoms with E-state index in [1.54, 1.807) is 0 Å². The lowest BCUT2D eigenvalue weighted by molar-refractivity contribution is 0.0851. The highest BCUT2D eigenvalue weighted by atomic mass is 15.2. The van der Waals surface area contributed by atoms with Gasteiger partial charge in [0.2, 0.25) is 0 Å². The van der Waals surface area contributed by atoms with Crippen molar-refractivity contribution in [3.63, 3.8) is 0 Å². The second-order valence-electron chi connectivity index (χ2n) is 7.35. The Hall–Kier alpha value is -0.930. The normalized spacial score (nSPS) is 24.0. The molecule has 118 valence electrons. The van der Waals surface area contributed by atoms with Gasteiger partial charge in [0.25, 0.3) is 0 Å². The molecule has 0 bridgehead atoms. The van der Waals surface area contributed by atoms with Crippen molar-refractivity contribution in [2.24, 2.45) is 11.8 Å². The van der Waals surface area contributed by atoms with E-state index >= 15 is 0 Å². The number of aryl methyl sites for hydroxylation is 1. The molecule has 1 aromatic heterocycles. The van der Waals surface area contributed by atoms with E-state index in [0.29, 0.717) is 18.0 Å². The molecular weight excluding hydrogens is 258 g/mol. The monoisotopic (exact) mass is 289 g/mol. The molecule has 3 nitrogen and oxygen atoms in total. The standard InChI is InChI=1S/C18H31N3/c1-13(2)6-17-12-21(18(10-20-17)14(3)4)11-16-7-15(5)8-19-9-16/h7-9,13-14,17-18,20H,6,10-12H2,1-5H3. The second-order valence-corrected chi connectivity index (χ2v) is 7.35. The van der Waals surface area contributed by atoms with Crippen LogP contribution in [0.15, 0.2) is 18.5 Å². The topological polar surface area (TPSA) is 28.2 Å². The average molecular weight is 289 g/mol. The zero-order valence-corrected chi connectivity index (χ0v) is 14.3. The number of nitrogens with zero attached hydrogens (tertiary/aromatic N) is 2. The Kier molecular flexibility index (Phi) is 5.77. The van der Waals surface area contributed by atoms with Crippen molar-refractivity contribution in [1.29, 1.82) is 0 Å². The Morgan fingerprint density at radius 3 is 2.67 bits per heavy atom. The second kappa shape index (κ2) is 7.37. The molecule has 2 rings (SSSR count).